The molecule has 0 spiro atoms. The summed E-state index contributed by atoms with van der Waals surface area (Å²) in [7, 11) is 0. The summed E-state index contributed by atoms with van der Waals surface area (Å²) >= 11 is 3.61. The van der Waals surface area contributed by atoms with Gasteiger partial charge in [-0.3, -0.25) is 9.69 Å². The number of hydrogen-bond donors (Lipinski definition) is 1. The molecule has 7 heteroatoms. The molecule has 0 unspecified atom stereocenters. The third kappa shape index (κ3) is 5.01. The van der Waals surface area contributed by atoms with Gasteiger partial charge in [-0.2, -0.15) is 11.8 Å². The molecule has 1 aromatic carbocycles. The van der Waals surface area contributed by atoms with E-state index in [0.717, 1.165) is 41.6 Å². The van der Waals surface area contributed by atoms with Gasteiger partial charge in [0.25, 0.3) is 0 Å². The fourth-order valence-corrected chi connectivity index (χ4v) is 6.35. The number of aromatic nitrogens is 1. The predicted octanol–water partition coefficient (Wildman–Crippen LogP) is 4.23. The van der Waals surface area contributed by atoms with Crippen LogP contribution in [0.4, 0.5) is 0 Å². The van der Waals surface area contributed by atoms with Crippen LogP contribution in [0.25, 0.3) is 10.6 Å². The summed E-state index contributed by atoms with van der Waals surface area (Å²) in [6.07, 6.45) is 5.28. The molecule has 0 bridgehead atoms. The Morgan fingerprint density at radius 3 is 2.77 bits per heavy atom. The Hall–Kier alpha value is -1.57. The van der Waals surface area contributed by atoms with Gasteiger partial charge in [0.1, 0.15) is 10.8 Å². The van der Waals surface area contributed by atoms with Gasteiger partial charge in [-0.05, 0) is 31.9 Å². The summed E-state index contributed by atoms with van der Waals surface area (Å²) in [5.41, 5.74) is 1.98. The Morgan fingerprint density at radius 1 is 1.23 bits per heavy atom. The molecule has 0 atom stereocenters. The number of para-hydroxylation sites is 1. The minimum Gasteiger partial charge on any atom is -0.493 e. The highest BCUT2D eigenvalue weighted by Gasteiger charge is 2.40. The normalized spacial score (nSPS) is 19.0. The summed E-state index contributed by atoms with van der Waals surface area (Å²) in [6, 6.07) is 7.95. The first kappa shape index (κ1) is 21.7. The molecule has 1 aliphatic heterocycles. The summed E-state index contributed by atoms with van der Waals surface area (Å²) in [4.78, 5) is 20.1. The van der Waals surface area contributed by atoms with E-state index < -0.39 is 0 Å². The van der Waals surface area contributed by atoms with Crippen LogP contribution in [0.5, 0.6) is 5.75 Å². The number of thiazole rings is 1. The molecule has 162 valence electrons. The standard InChI is InChI=1S/C23H31N3O2S2/c1-2-28-20-8-4-3-7-19(20)22-25-18(16-30-22)15-21(27)24-17-23(9-5-6-10-23)26-11-13-29-14-12-26/h3-4,7-8,16H,2,5-6,9-15,17H2,1H3,(H,24,27). The Kier molecular flexibility index (Phi) is 7.33. The molecule has 1 amide bonds. The van der Waals surface area contributed by atoms with Crippen molar-refractivity contribution in [3.63, 3.8) is 0 Å². The molecule has 1 aliphatic carbocycles. The minimum atomic E-state index is 0.0719. The lowest BCUT2D eigenvalue weighted by atomic mass is 9.94. The van der Waals surface area contributed by atoms with Crippen molar-refractivity contribution in [1.82, 2.24) is 15.2 Å². The maximum Gasteiger partial charge on any atom is 0.226 e. The van der Waals surface area contributed by atoms with Gasteiger partial charge in [0.2, 0.25) is 5.91 Å². The second-order valence-corrected chi connectivity index (χ2v) is 10.1. The molecule has 2 fully saturated rings. The van der Waals surface area contributed by atoms with Crippen LogP contribution in [-0.2, 0) is 11.2 Å². The lowest BCUT2D eigenvalue weighted by molar-refractivity contribution is -0.121. The third-order valence-electron chi connectivity index (χ3n) is 6.14. The number of rotatable bonds is 8. The number of hydrogen-bond acceptors (Lipinski definition) is 6. The molecule has 2 aliphatic rings. The first-order chi connectivity index (χ1) is 14.7. The van der Waals surface area contributed by atoms with E-state index in [1.807, 2.05) is 48.3 Å². The van der Waals surface area contributed by atoms with Crippen molar-refractivity contribution in [2.45, 2.75) is 44.6 Å². The van der Waals surface area contributed by atoms with E-state index in [2.05, 4.69) is 10.2 Å². The van der Waals surface area contributed by atoms with Crippen LogP contribution in [0.3, 0.4) is 0 Å². The number of nitrogens with one attached hydrogen (secondary N) is 1. The first-order valence-electron chi connectivity index (χ1n) is 11.0. The van der Waals surface area contributed by atoms with Crippen LogP contribution in [0.15, 0.2) is 29.6 Å². The molecule has 0 radical (unpaired) electrons. The van der Waals surface area contributed by atoms with Crippen molar-refractivity contribution < 1.29 is 9.53 Å². The zero-order valence-corrected chi connectivity index (χ0v) is 19.3. The molecule has 1 aromatic heterocycles. The van der Waals surface area contributed by atoms with Gasteiger partial charge in [0.05, 0.1) is 24.3 Å². The Balaban J connectivity index is 1.37. The van der Waals surface area contributed by atoms with Crippen LogP contribution in [0.2, 0.25) is 0 Å². The molecule has 4 rings (SSSR count). The van der Waals surface area contributed by atoms with E-state index in [9.17, 15) is 4.79 Å². The van der Waals surface area contributed by atoms with Crippen molar-refractivity contribution in [1.29, 1.82) is 0 Å². The second-order valence-electron chi connectivity index (χ2n) is 8.06. The van der Waals surface area contributed by atoms with Crippen LogP contribution >= 0.6 is 23.1 Å². The van der Waals surface area contributed by atoms with Crippen LogP contribution in [0.1, 0.15) is 38.3 Å². The quantitative estimate of drug-likeness (QED) is 0.659. The molecular weight excluding hydrogens is 414 g/mol. The topological polar surface area (TPSA) is 54.5 Å². The molecule has 1 saturated carbocycles. The van der Waals surface area contributed by atoms with Gasteiger partial charge >= 0.3 is 0 Å². The monoisotopic (exact) mass is 445 g/mol. The number of carbonyl (C=O) groups is 1. The minimum absolute atomic E-state index is 0.0719. The summed E-state index contributed by atoms with van der Waals surface area (Å²) in [5, 5.41) is 6.14. The second kappa shape index (κ2) is 10.2. The highest BCUT2D eigenvalue weighted by molar-refractivity contribution is 7.99. The number of thioether (sulfide) groups is 1. The van der Waals surface area contributed by atoms with Gasteiger partial charge in [-0.1, -0.05) is 25.0 Å². The van der Waals surface area contributed by atoms with E-state index in [1.54, 1.807) is 11.3 Å². The number of ether oxygens (including phenoxy) is 1. The molecule has 2 aromatic rings. The van der Waals surface area contributed by atoms with E-state index in [-0.39, 0.29) is 11.4 Å². The Bertz CT molecular complexity index is 842. The van der Waals surface area contributed by atoms with Crippen molar-refractivity contribution in [2.75, 3.05) is 37.7 Å². The van der Waals surface area contributed by atoms with Gasteiger partial charge < -0.3 is 10.1 Å². The highest BCUT2D eigenvalue weighted by atomic mass is 32.2. The number of amides is 1. The number of benzene rings is 1. The molecule has 30 heavy (non-hydrogen) atoms. The summed E-state index contributed by atoms with van der Waals surface area (Å²) in [5.74, 6) is 3.33. The Labute approximate surface area is 187 Å². The zero-order chi connectivity index (χ0) is 20.8. The zero-order valence-electron chi connectivity index (χ0n) is 17.7. The first-order valence-corrected chi connectivity index (χ1v) is 13.0. The molecular formula is C23H31N3O2S2. The van der Waals surface area contributed by atoms with E-state index >= 15 is 0 Å². The van der Waals surface area contributed by atoms with Crippen molar-refractivity contribution in [3.05, 3.63) is 35.3 Å². The van der Waals surface area contributed by atoms with Gasteiger partial charge in [0.15, 0.2) is 0 Å². The van der Waals surface area contributed by atoms with Gasteiger partial charge in [0, 0.05) is 42.1 Å². The van der Waals surface area contributed by atoms with Crippen LogP contribution < -0.4 is 10.1 Å². The highest BCUT2D eigenvalue weighted by Crippen LogP contribution is 2.36. The van der Waals surface area contributed by atoms with Gasteiger partial charge in [-0.15, -0.1) is 11.3 Å². The molecule has 2 heterocycles. The maximum atomic E-state index is 12.7. The largest absolute Gasteiger partial charge is 0.493 e. The lowest BCUT2D eigenvalue weighted by Gasteiger charge is -2.43. The van der Waals surface area contributed by atoms with Crippen LogP contribution in [-0.4, -0.2) is 59.1 Å². The van der Waals surface area contributed by atoms with E-state index in [1.165, 1.54) is 37.2 Å². The van der Waals surface area contributed by atoms with Crippen LogP contribution in [0, 0.1) is 0 Å². The SMILES string of the molecule is CCOc1ccccc1-c1nc(CC(=O)NCC2(N3CCSCC3)CCCC2)cs1. The molecule has 1 N–H and O–H groups in total. The fourth-order valence-electron chi connectivity index (χ4n) is 4.60. The smallest absolute Gasteiger partial charge is 0.226 e. The Morgan fingerprint density at radius 2 is 2.00 bits per heavy atom. The summed E-state index contributed by atoms with van der Waals surface area (Å²) < 4.78 is 5.73. The predicted molar refractivity (Wildman–Crippen MR) is 126 cm³/mol. The fraction of sp³-hybridized carbons (Fsp3) is 0.565. The average molecular weight is 446 g/mol. The summed E-state index contributed by atoms with van der Waals surface area (Å²) in [6.45, 7) is 5.66. The molecule has 1 saturated heterocycles. The number of nitrogens with zero attached hydrogens (tertiary/aromatic N) is 2. The molecule has 5 nitrogen and oxygen atoms in total. The average Bonchev–Trinajstić information content (AvgIpc) is 3.44. The lowest BCUT2D eigenvalue weighted by Crippen LogP contribution is -2.56. The van der Waals surface area contributed by atoms with E-state index in [0.29, 0.717) is 13.0 Å². The maximum absolute atomic E-state index is 12.7. The third-order valence-corrected chi connectivity index (χ3v) is 8.01. The number of carbonyl (C=O) groups excluding carboxylic acids is 1. The van der Waals surface area contributed by atoms with Crippen molar-refractivity contribution in [2.24, 2.45) is 0 Å². The van der Waals surface area contributed by atoms with E-state index in [4.69, 9.17) is 9.72 Å². The van der Waals surface area contributed by atoms with Crippen molar-refractivity contribution in [3.8, 4) is 16.3 Å². The van der Waals surface area contributed by atoms with Crippen molar-refractivity contribution >= 4 is 29.0 Å². The van der Waals surface area contributed by atoms with Gasteiger partial charge in [-0.25, -0.2) is 4.98 Å².